The summed E-state index contributed by atoms with van der Waals surface area (Å²) >= 11 is 1.15. The van der Waals surface area contributed by atoms with Gasteiger partial charge in [0.25, 0.3) is 0 Å². The topological polar surface area (TPSA) is 108 Å². The van der Waals surface area contributed by atoms with Gasteiger partial charge in [-0.2, -0.15) is 5.10 Å². The third kappa shape index (κ3) is 4.89. The van der Waals surface area contributed by atoms with E-state index in [-0.39, 0.29) is 16.8 Å². The number of carbonyl (C=O) groups is 2. The number of fused-ring (bicyclic) bond motifs is 1. The summed E-state index contributed by atoms with van der Waals surface area (Å²) < 4.78 is 1.72. The second-order valence-electron chi connectivity index (χ2n) is 10.1. The molecule has 3 aromatic heterocycles. The molecule has 0 spiro atoms. The Morgan fingerprint density at radius 1 is 1.14 bits per heavy atom. The molecule has 1 aliphatic carbocycles. The summed E-state index contributed by atoms with van der Waals surface area (Å²) in [6.07, 6.45) is 4.90. The summed E-state index contributed by atoms with van der Waals surface area (Å²) in [5, 5.41) is 25.2. The Kier molecular flexibility index (Phi) is 6.83. The van der Waals surface area contributed by atoms with Gasteiger partial charge >= 0.3 is 5.97 Å². The number of aromatic carboxylic acids is 1. The fourth-order valence-electron chi connectivity index (χ4n) is 5.10. The van der Waals surface area contributed by atoms with Crippen LogP contribution in [0, 0.1) is 11.8 Å². The van der Waals surface area contributed by atoms with Gasteiger partial charge in [0.1, 0.15) is 4.88 Å². The number of hydrogen-bond donors (Lipinski definition) is 2. The van der Waals surface area contributed by atoms with Crippen LogP contribution in [-0.2, 0) is 4.79 Å². The van der Waals surface area contributed by atoms with Gasteiger partial charge in [-0.25, -0.2) is 14.3 Å². The lowest BCUT2D eigenvalue weighted by Gasteiger charge is -2.36. The number of aliphatic hydroxyl groups is 1. The molecule has 0 unspecified atom stereocenters. The molecule has 3 heterocycles. The number of carboxylic acid groups (broad SMARTS) is 1. The standard InChI is InChI=1S/C28H30N4O4S/c1-16(2)32(27(34)20-10-5-17(3)13-23(20)33)22-15-24(37-26(22)28(35)36)19-8-6-18(7-9-19)21-14-25-29-11-4-12-31(25)30-21/h4,6-9,11-12,14-17,20,23,33H,5,10,13H2,1-3H3,(H,35,36)/t17-,20-,23-/m0/s1. The first-order chi connectivity index (χ1) is 17.7. The molecular formula is C28H30N4O4S. The maximum absolute atomic E-state index is 13.6. The minimum atomic E-state index is -1.07. The molecule has 0 aliphatic heterocycles. The maximum Gasteiger partial charge on any atom is 0.348 e. The highest BCUT2D eigenvalue weighted by molar-refractivity contribution is 7.18. The number of aliphatic hydroxyl groups excluding tert-OH is 1. The number of nitrogens with zero attached hydrogens (tertiary/aromatic N) is 4. The van der Waals surface area contributed by atoms with E-state index in [4.69, 9.17) is 0 Å². The van der Waals surface area contributed by atoms with Gasteiger partial charge in [-0.1, -0.05) is 31.2 Å². The lowest BCUT2D eigenvalue weighted by atomic mass is 9.80. The lowest BCUT2D eigenvalue weighted by molar-refractivity contribution is -0.128. The summed E-state index contributed by atoms with van der Waals surface area (Å²) in [5.74, 6) is -1.44. The SMILES string of the molecule is CC(C)N(C(=O)[C@H]1CC[C@H](C)C[C@@H]1O)c1cc(-c2ccc(-c3cc4ncccn4n3)cc2)sc1C(=O)O. The Hall–Kier alpha value is -3.56. The molecule has 192 valence electrons. The average Bonchev–Trinajstić information content (AvgIpc) is 3.49. The first-order valence-electron chi connectivity index (χ1n) is 12.5. The molecule has 9 heteroatoms. The number of amides is 1. The minimum absolute atomic E-state index is 0.117. The van der Waals surface area contributed by atoms with Gasteiger partial charge in [-0.05, 0) is 56.7 Å². The molecule has 37 heavy (non-hydrogen) atoms. The molecule has 8 nitrogen and oxygen atoms in total. The van der Waals surface area contributed by atoms with E-state index in [1.807, 2.05) is 56.4 Å². The van der Waals surface area contributed by atoms with Crippen LogP contribution in [0.3, 0.4) is 0 Å². The van der Waals surface area contributed by atoms with Crippen molar-refractivity contribution in [1.82, 2.24) is 14.6 Å². The zero-order chi connectivity index (χ0) is 26.3. The number of carboxylic acids is 1. The van der Waals surface area contributed by atoms with Crippen LogP contribution >= 0.6 is 11.3 Å². The highest BCUT2D eigenvalue weighted by atomic mass is 32.1. The third-order valence-corrected chi connectivity index (χ3v) is 8.18. The second kappa shape index (κ2) is 10.1. The Labute approximate surface area is 219 Å². The molecule has 3 atom stereocenters. The molecule has 1 aromatic carbocycles. The monoisotopic (exact) mass is 518 g/mol. The van der Waals surface area contributed by atoms with E-state index in [0.29, 0.717) is 24.4 Å². The Morgan fingerprint density at radius 2 is 1.86 bits per heavy atom. The van der Waals surface area contributed by atoms with Crippen molar-refractivity contribution in [3.63, 3.8) is 0 Å². The molecule has 1 saturated carbocycles. The van der Waals surface area contributed by atoms with Gasteiger partial charge in [-0.15, -0.1) is 11.3 Å². The predicted octanol–water partition coefficient (Wildman–Crippen LogP) is 5.36. The van der Waals surface area contributed by atoms with E-state index in [1.165, 1.54) is 0 Å². The second-order valence-corrected chi connectivity index (χ2v) is 11.1. The molecule has 1 aliphatic rings. The molecule has 5 rings (SSSR count). The van der Waals surface area contributed by atoms with Crippen LogP contribution in [0.1, 0.15) is 49.7 Å². The summed E-state index contributed by atoms with van der Waals surface area (Å²) in [5.41, 5.74) is 3.71. The van der Waals surface area contributed by atoms with Crippen LogP contribution in [-0.4, -0.2) is 48.8 Å². The normalized spacial score (nSPS) is 19.9. The van der Waals surface area contributed by atoms with Crippen LogP contribution in [0.2, 0.25) is 0 Å². The average molecular weight is 519 g/mol. The van der Waals surface area contributed by atoms with E-state index in [9.17, 15) is 19.8 Å². The van der Waals surface area contributed by atoms with Gasteiger partial charge in [0.2, 0.25) is 5.91 Å². The molecule has 4 aromatic rings. The zero-order valence-electron chi connectivity index (χ0n) is 21.0. The number of rotatable bonds is 6. The van der Waals surface area contributed by atoms with Gasteiger partial charge in [-0.3, -0.25) is 4.79 Å². The van der Waals surface area contributed by atoms with Crippen LogP contribution in [0.5, 0.6) is 0 Å². The number of benzene rings is 1. The van der Waals surface area contributed by atoms with Crippen LogP contribution in [0.4, 0.5) is 5.69 Å². The van der Waals surface area contributed by atoms with Crippen molar-refractivity contribution in [2.24, 2.45) is 11.8 Å². The maximum atomic E-state index is 13.6. The van der Waals surface area contributed by atoms with Gasteiger partial charge in [0, 0.05) is 34.9 Å². The molecule has 0 saturated heterocycles. The number of carbonyl (C=O) groups excluding carboxylic acids is 1. The van der Waals surface area contributed by atoms with Crippen molar-refractivity contribution in [2.75, 3.05) is 4.90 Å². The molecule has 1 amide bonds. The zero-order valence-corrected chi connectivity index (χ0v) is 21.9. The summed E-state index contributed by atoms with van der Waals surface area (Å²) in [6, 6.07) is 13.0. The van der Waals surface area contributed by atoms with E-state index in [1.54, 1.807) is 21.7 Å². The minimum Gasteiger partial charge on any atom is -0.477 e. The van der Waals surface area contributed by atoms with E-state index >= 15 is 0 Å². The third-order valence-electron chi connectivity index (χ3n) is 7.02. The fraction of sp³-hybridized carbons (Fsp3) is 0.357. The summed E-state index contributed by atoms with van der Waals surface area (Å²) in [7, 11) is 0. The van der Waals surface area contributed by atoms with E-state index in [0.717, 1.165) is 45.1 Å². The van der Waals surface area contributed by atoms with Crippen LogP contribution in [0.15, 0.2) is 54.9 Å². The molecular weight excluding hydrogens is 488 g/mol. The van der Waals surface area contributed by atoms with E-state index < -0.39 is 18.0 Å². The summed E-state index contributed by atoms with van der Waals surface area (Å²) in [4.78, 5) is 32.6. The van der Waals surface area contributed by atoms with Gasteiger partial charge < -0.3 is 15.1 Å². The van der Waals surface area contributed by atoms with Crippen molar-refractivity contribution < 1.29 is 19.8 Å². The van der Waals surface area contributed by atoms with Crippen LogP contribution in [0.25, 0.3) is 27.3 Å². The number of aromatic nitrogens is 3. The highest BCUT2D eigenvalue weighted by Gasteiger charge is 2.38. The Bertz CT molecular complexity index is 1410. The number of thiophene rings is 1. The Balaban J connectivity index is 1.47. The molecule has 0 bridgehead atoms. The Morgan fingerprint density at radius 3 is 2.51 bits per heavy atom. The molecule has 1 fully saturated rings. The largest absolute Gasteiger partial charge is 0.477 e. The first-order valence-corrected chi connectivity index (χ1v) is 13.3. The van der Waals surface area contributed by atoms with Crippen LogP contribution < -0.4 is 4.90 Å². The number of anilines is 1. The van der Waals surface area contributed by atoms with Crippen molar-refractivity contribution >= 4 is 34.5 Å². The summed E-state index contributed by atoms with van der Waals surface area (Å²) in [6.45, 7) is 5.82. The van der Waals surface area contributed by atoms with Gasteiger partial charge in [0.05, 0.1) is 23.4 Å². The first kappa shape index (κ1) is 25.1. The quantitative estimate of drug-likeness (QED) is 0.356. The van der Waals surface area contributed by atoms with Crippen molar-refractivity contribution in [1.29, 1.82) is 0 Å². The highest BCUT2D eigenvalue weighted by Crippen LogP contribution is 2.40. The number of hydrogen-bond acceptors (Lipinski definition) is 6. The smallest absolute Gasteiger partial charge is 0.348 e. The predicted molar refractivity (Wildman–Crippen MR) is 144 cm³/mol. The fourth-order valence-corrected chi connectivity index (χ4v) is 6.09. The van der Waals surface area contributed by atoms with Crippen molar-refractivity contribution in [2.45, 2.75) is 52.2 Å². The van der Waals surface area contributed by atoms with Gasteiger partial charge in [0.15, 0.2) is 5.65 Å². The van der Waals surface area contributed by atoms with Crippen molar-refractivity contribution in [3.8, 4) is 21.7 Å². The lowest BCUT2D eigenvalue weighted by Crippen LogP contribution is -2.46. The van der Waals surface area contributed by atoms with E-state index in [2.05, 4.69) is 17.0 Å². The molecule has 0 radical (unpaired) electrons. The molecule has 2 N–H and O–H groups in total. The van der Waals surface area contributed by atoms with Crippen molar-refractivity contribution in [3.05, 3.63) is 59.7 Å².